The number of allylic oxidation sites excluding steroid dienone is 2. The number of pyridine rings is 1. The van der Waals surface area contributed by atoms with Crippen LogP contribution in [0, 0.1) is 28.6 Å². The number of fused-ring (bicyclic) bond motifs is 5. The average molecular weight is 367 g/mol. The largest absolute Gasteiger partial charge is 0.393 e. The number of aromatic nitrogens is 1. The van der Waals surface area contributed by atoms with Crippen LogP contribution >= 0.6 is 0 Å². The monoisotopic (exact) mass is 366 g/mol. The lowest BCUT2D eigenvalue weighted by Gasteiger charge is -2.58. The highest BCUT2D eigenvalue weighted by atomic mass is 16.3. The Bertz CT molecular complexity index is 800. The van der Waals surface area contributed by atoms with Gasteiger partial charge in [0.25, 0.3) is 0 Å². The summed E-state index contributed by atoms with van der Waals surface area (Å²) >= 11 is 0. The Hall–Kier alpha value is -1.45. The smallest absolute Gasteiger partial charge is 0.189 e. The van der Waals surface area contributed by atoms with Gasteiger partial charge in [0.2, 0.25) is 0 Å². The van der Waals surface area contributed by atoms with E-state index in [-0.39, 0.29) is 23.0 Å². The van der Waals surface area contributed by atoms with Crippen molar-refractivity contribution in [1.29, 1.82) is 0 Å². The van der Waals surface area contributed by atoms with E-state index in [9.17, 15) is 10.2 Å². The molecule has 5 rings (SSSR count). The summed E-state index contributed by atoms with van der Waals surface area (Å²) in [5, 5.41) is 21.3. The van der Waals surface area contributed by atoms with Crippen molar-refractivity contribution in [2.45, 2.75) is 64.6 Å². The fourth-order valence-corrected chi connectivity index (χ4v) is 7.14. The van der Waals surface area contributed by atoms with E-state index in [0.717, 1.165) is 25.7 Å². The molecule has 0 aliphatic heterocycles. The third-order valence-corrected chi connectivity index (χ3v) is 8.64. The van der Waals surface area contributed by atoms with Gasteiger partial charge < -0.3 is 10.2 Å². The van der Waals surface area contributed by atoms with E-state index in [1.165, 1.54) is 24.1 Å². The summed E-state index contributed by atoms with van der Waals surface area (Å²) in [6.07, 6.45) is 14.4. The van der Waals surface area contributed by atoms with Crippen LogP contribution in [0.5, 0.6) is 0 Å². The minimum Gasteiger partial charge on any atom is -0.393 e. The molecule has 144 valence electrons. The molecular formula is C24H32NO2+. The standard InChI is InChI=1S/C24H32NO2/c1-23-10-8-17(26)14-16(23)15-20(27)22-18-6-7-21(25-12-4-3-5-13-25)24(18,2)11-9-19(22)23/h3-5,7,12-13,15,17-20,22,26-27H,6,8-11,14H2,1-2H3/q+1/t17-,18-,19-,20-,22-,23-,24-/m0/s1. The van der Waals surface area contributed by atoms with Crippen LogP contribution in [0.1, 0.15) is 52.4 Å². The lowest BCUT2D eigenvalue weighted by molar-refractivity contribution is -0.590. The SMILES string of the molecule is C[C@]12CC[C@H](O)CC1=C[C@H](O)[C@@H]1[C@@H]2CC[C@]2(C)C([n+]3ccccc3)=CC[C@@H]12. The van der Waals surface area contributed by atoms with E-state index in [2.05, 4.69) is 61.2 Å². The molecule has 0 unspecified atom stereocenters. The number of rotatable bonds is 1. The van der Waals surface area contributed by atoms with Crippen LogP contribution in [0.4, 0.5) is 0 Å². The molecule has 0 aromatic carbocycles. The zero-order valence-electron chi connectivity index (χ0n) is 16.5. The van der Waals surface area contributed by atoms with Crippen molar-refractivity contribution in [2.75, 3.05) is 0 Å². The van der Waals surface area contributed by atoms with Gasteiger partial charge in [-0.1, -0.05) is 24.6 Å². The van der Waals surface area contributed by atoms with Gasteiger partial charge in [0, 0.05) is 12.1 Å². The quantitative estimate of drug-likeness (QED) is 0.588. The van der Waals surface area contributed by atoms with E-state index >= 15 is 0 Å². The molecule has 2 N–H and O–H groups in total. The zero-order valence-corrected chi connectivity index (χ0v) is 16.5. The lowest BCUT2D eigenvalue weighted by Crippen LogP contribution is -2.55. The Morgan fingerprint density at radius 1 is 0.963 bits per heavy atom. The first-order valence-electron chi connectivity index (χ1n) is 10.7. The molecule has 0 saturated heterocycles. The molecule has 4 aliphatic rings. The summed E-state index contributed by atoms with van der Waals surface area (Å²) < 4.78 is 2.29. The van der Waals surface area contributed by atoms with Crippen LogP contribution in [0.3, 0.4) is 0 Å². The third-order valence-electron chi connectivity index (χ3n) is 8.64. The van der Waals surface area contributed by atoms with Crippen molar-refractivity contribution >= 4 is 5.70 Å². The van der Waals surface area contributed by atoms with Crippen molar-refractivity contribution in [3.8, 4) is 0 Å². The Morgan fingerprint density at radius 3 is 2.48 bits per heavy atom. The number of hydrogen-bond donors (Lipinski definition) is 2. The Kier molecular flexibility index (Phi) is 3.93. The maximum Gasteiger partial charge on any atom is 0.189 e. The normalized spacial score (nSPS) is 46.0. The van der Waals surface area contributed by atoms with Gasteiger partial charge >= 0.3 is 0 Å². The summed E-state index contributed by atoms with van der Waals surface area (Å²) in [5.74, 6) is 1.35. The number of hydrogen-bond acceptors (Lipinski definition) is 2. The highest BCUT2D eigenvalue weighted by Gasteiger charge is 2.61. The Balaban J connectivity index is 1.52. The minimum absolute atomic E-state index is 0.129. The van der Waals surface area contributed by atoms with E-state index < -0.39 is 0 Å². The first-order chi connectivity index (χ1) is 12.9. The molecule has 0 spiro atoms. The summed E-state index contributed by atoms with van der Waals surface area (Å²) in [7, 11) is 0. The molecule has 0 amide bonds. The number of aliphatic hydroxyl groups excluding tert-OH is 2. The van der Waals surface area contributed by atoms with Crippen LogP contribution in [0.25, 0.3) is 5.70 Å². The van der Waals surface area contributed by atoms with Gasteiger partial charge in [-0.15, -0.1) is 0 Å². The third kappa shape index (κ3) is 2.44. The van der Waals surface area contributed by atoms with E-state index in [1.54, 1.807) is 0 Å². The highest BCUT2D eigenvalue weighted by molar-refractivity contribution is 5.48. The molecule has 3 nitrogen and oxygen atoms in total. The van der Waals surface area contributed by atoms with Gasteiger partial charge in [-0.05, 0) is 74.7 Å². The lowest BCUT2D eigenvalue weighted by atomic mass is 9.47. The maximum absolute atomic E-state index is 11.2. The van der Waals surface area contributed by atoms with E-state index in [1.807, 2.05) is 0 Å². The van der Waals surface area contributed by atoms with Gasteiger partial charge in [-0.25, -0.2) is 0 Å². The predicted molar refractivity (Wildman–Crippen MR) is 105 cm³/mol. The van der Waals surface area contributed by atoms with Crippen LogP contribution in [0.2, 0.25) is 0 Å². The van der Waals surface area contributed by atoms with Crippen molar-refractivity contribution in [1.82, 2.24) is 0 Å². The van der Waals surface area contributed by atoms with E-state index in [0.29, 0.717) is 17.8 Å². The van der Waals surface area contributed by atoms with Crippen LogP contribution in [0.15, 0.2) is 48.3 Å². The molecule has 7 atom stereocenters. The fraction of sp³-hybridized carbons (Fsp3) is 0.625. The van der Waals surface area contributed by atoms with Gasteiger partial charge in [0.1, 0.15) is 0 Å². The minimum atomic E-state index is -0.374. The molecule has 1 heterocycles. The molecule has 0 radical (unpaired) electrons. The molecule has 2 fully saturated rings. The molecular weight excluding hydrogens is 334 g/mol. The van der Waals surface area contributed by atoms with Crippen molar-refractivity contribution in [3.05, 3.63) is 48.3 Å². The van der Waals surface area contributed by atoms with Crippen LogP contribution in [-0.2, 0) is 0 Å². The van der Waals surface area contributed by atoms with Crippen LogP contribution in [-0.4, -0.2) is 22.4 Å². The number of aliphatic hydroxyl groups is 2. The first kappa shape index (κ1) is 17.6. The molecule has 27 heavy (non-hydrogen) atoms. The highest BCUT2D eigenvalue weighted by Crippen LogP contribution is 2.64. The van der Waals surface area contributed by atoms with Gasteiger partial charge in [0.15, 0.2) is 18.1 Å². The first-order valence-corrected chi connectivity index (χ1v) is 10.7. The second-order valence-electron chi connectivity index (χ2n) is 9.85. The summed E-state index contributed by atoms with van der Waals surface area (Å²) in [6.45, 7) is 4.83. The van der Waals surface area contributed by atoms with Crippen molar-refractivity contribution < 1.29 is 14.8 Å². The van der Waals surface area contributed by atoms with Gasteiger partial charge in [0.05, 0.1) is 17.6 Å². The second-order valence-corrected chi connectivity index (χ2v) is 9.85. The number of nitrogens with zero attached hydrogens (tertiary/aromatic N) is 1. The summed E-state index contributed by atoms with van der Waals surface area (Å²) in [4.78, 5) is 0. The second kappa shape index (κ2) is 6.02. The molecule has 4 aliphatic carbocycles. The topological polar surface area (TPSA) is 44.3 Å². The fourth-order valence-electron chi connectivity index (χ4n) is 7.14. The maximum atomic E-state index is 11.2. The molecule has 3 heteroatoms. The van der Waals surface area contributed by atoms with Crippen molar-refractivity contribution in [2.24, 2.45) is 28.6 Å². The molecule has 1 aromatic rings. The van der Waals surface area contributed by atoms with E-state index in [4.69, 9.17) is 0 Å². The summed E-state index contributed by atoms with van der Waals surface area (Å²) in [6, 6.07) is 6.27. The molecule has 1 aromatic heterocycles. The zero-order chi connectivity index (χ0) is 18.8. The Labute approximate surface area is 162 Å². The summed E-state index contributed by atoms with van der Waals surface area (Å²) in [5.41, 5.74) is 3.02. The van der Waals surface area contributed by atoms with Crippen LogP contribution < -0.4 is 4.57 Å². The molecule has 0 bridgehead atoms. The van der Waals surface area contributed by atoms with Crippen molar-refractivity contribution in [3.63, 3.8) is 0 Å². The van der Waals surface area contributed by atoms with Gasteiger partial charge in [-0.3, -0.25) is 0 Å². The average Bonchev–Trinajstić information content (AvgIpc) is 3.01. The predicted octanol–water partition coefficient (Wildman–Crippen LogP) is 3.72. The van der Waals surface area contributed by atoms with Gasteiger partial charge in [-0.2, -0.15) is 4.57 Å². The molecule has 2 saturated carbocycles. The Morgan fingerprint density at radius 2 is 1.70 bits per heavy atom.